The van der Waals surface area contributed by atoms with E-state index in [4.69, 9.17) is 10.5 Å². The van der Waals surface area contributed by atoms with Gasteiger partial charge in [0.1, 0.15) is 11.3 Å². The average Bonchev–Trinajstić information content (AvgIpc) is 2.49. The standard InChI is InChI=1S/C16H18BrN3O2.2ClH/c1-11(18)8-10-19-15(21)14-3-2-9-20-16(14)22-13-6-4-12(17)5-7-13;;/h2-7,9,11H,8,10,18H2,1H3,(H,19,21);2*1H. The lowest BCUT2D eigenvalue weighted by Crippen LogP contribution is -2.29. The van der Waals surface area contributed by atoms with Gasteiger partial charge in [0.15, 0.2) is 0 Å². The van der Waals surface area contributed by atoms with E-state index in [0.717, 1.165) is 10.9 Å². The highest BCUT2D eigenvalue weighted by atomic mass is 79.9. The summed E-state index contributed by atoms with van der Waals surface area (Å²) in [6, 6.07) is 10.8. The van der Waals surface area contributed by atoms with Crippen LogP contribution in [0.25, 0.3) is 0 Å². The summed E-state index contributed by atoms with van der Waals surface area (Å²) < 4.78 is 6.65. The lowest BCUT2D eigenvalue weighted by molar-refractivity contribution is 0.0950. The molecular weight excluding hydrogens is 417 g/mol. The first-order valence-electron chi connectivity index (χ1n) is 6.98. The van der Waals surface area contributed by atoms with Gasteiger partial charge in [0, 0.05) is 23.3 Å². The summed E-state index contributed by atoms with van der Waals surface area (Å²) in [7, 11) is 0. The van der Waals surface area contributed by atoms with Crippen LogP contribution in [0.4, 0.5) is 0 Å². The predicted octanol–water partition coefficient (Wildman–Crippen LogP) is 3.95. The minimum Gasteiger partial charge on any atom is -0.438 e. The lowest BCUT2D eigenvalue weighted by atomic mass is 10.2. The van der Waals surface area contributed by atoms with Gasteiger partial charge in [-0.1, -0.05) is 15.9 Å². The molecule has 2 rings (SSSR count). The summed E-state index contributed by atoms with van der Waals surface area (Å²) in [5.41, 5.74) is 6.07. The van der Waals surface area contributed by atoms with Gasteiger partial charge in [0.05, 0.1) is 0 Å². The first kappa shape index (κ1) is 22.7. The van der Waals surface area contributed by atoms with E-state index in [0.29, 0.717) is 17.9 Å². The molecular formula is C16H20BrCl2N3O2. The van der Waals surface area contributed by atoms with E-state index in [1.54, 1.807) is 30.5 Å². The Kier molecular flexibility index (Phi) is 10.6. The Balaban J connectivity index is 0.00000264. The number of nitrogens with two attached hydrogens (primary N) is 1. The number of nitrogens with one attached hydrogen (secondary N) is 1. The minimum atomic E-state index is -0.221. The summed E-state index contributed by atoms with van der Waals surface area (Å²) in [4.78, 5) is 16.4. The Hall–Kier alpha value is -1.34. The Bertz CT molecular complexity index is 639. The number of rotatable bonds is 6. The highest BCUT2D eigenvalue weighted by molar-refractivity contribution is 9.10. The van der Waals surface area contributed by atoms with Crippen molar-refractivity contribution >= 4 is 46.7 Å². The number of carbonyl (C=O) groups excluding carboxylic acids is 1. The van der Waals surface area contributed by atoms with Gasteiger partial charge in [-0.05, 0) is 49.7 Å². The van der Waals surface area contributed by atoms with Crippen molar-refractivity contribution in [2.75, 3.05) is 6.54 Å². The van der Waals surface area contributed by atoms with Crippen LogP contribution in [0.15, 0.2) is 47.1 Å². The number of amides is 1. The highest BCUT2D eigenvalue weighted by Crippen LogP contribution is 2.24. The molecule has 0 saturated heterocycles. The van der Waals surface area contributed by atoms with Gasteiger partial charge in [-0.2, -0.15) is 0 Å². The van der Waals surface area contributed by atoms with E-state index in [1.807, 2.05) is 19.1 Å². The fourth-order valence-electron chi connectivity index (χ4n) is 1.77. The number of hydrogen-bond donors (Lipinski definition) is 2. The molecule has 1 unspecified atom stereocenters. The molecule has 3 N–H and O–H groups in total. The summed E-state index contributed by atoms with van der Waals surface area (Å²) in [5.74, 6) is 0.676. The zero-order valence-corrected chi connectivity index (χ0v) is 16.3. The molecule has 1 aromatic carbocycles. The second-order valence-electron chi connectivity index (χ2n) is 4.93. The van der Waals surface area contributed by atoms with Crippen molar-refractivity contribution in [1.29, 1.82) is 0 Å². The lowest BCUT2D eigenvalue weighted by Gasteiger charge is -2.11. The van der Waals surface area contributed by atoms with Crippen molar-refractivity contribution in [3.63, 3.8) is 0 Å². The van der Waals surface area contributed by atoms with Crippen molar-refractivity contribution in [2.45, 2.75) is 19.4 Å². The van der Waals surface area contributed by atoms with Crippen LogP contribution in [0.5, 0.6) is 11.6 Å². The summed E-state index contributed by atoms with van der Waals surface area (Å²) >= 11 is 3.36. The molecule has 0 aliphatic heterocycles. The van der Waals surface area contributed by atoms with Crippen LogP contribution in [0, 0.1) is 0 Å². The topological polar surface area (TPSA) is 77.2 Å². The van der Waals surface area contributed by atoms with Gasteiger partial charge in [-0.25, -0.2) is 4.98 Å². The predicted molar refractivity (Wildman–Crippen MR) is 104 cm³/mol. The third kappa shape index (κ3) is 7.05. The van der Waals surface area contributed by atoms with Gasteiger partial charge in [-0.15, -0.1) is 24.8 Å². The Morgan fingerprint density at radius 3 is 2.58 bits per heavy atom. The summed E-state index contributed by atoms with van der Waals surface area (Å²) in [6.45, 7) is 2.42. The molecule has 0 radical (unpaired) electrons. The summed E-state index contributed by atoms with van der Waals surface area (Å²) in [5, 5.41) is 2.82. The molecule has 0 saturated carbocycles. The van der Waals surface area contributed by atoms with Gasteiger partial charge in [-0.3, -0.25) is 4.79 Å². The van der Waals surface area contributed by atoms with Crippen molar-refractivity contribution in [1.82, 2.24) is 10.3 Å². The zero-order valence-electron chi connectivity index (χ0n) is 13.1. The van der Waals surface area contributed by atoms with E-state index in [1.165, 1.54) is 0 Å². The quantitative estimate of drug-likeness (QED) is 0.718. The zero-order chi connectivity index (χ0) is 15.9. The monoisotopic (exact) mass is 435 g/mol. The fourth-order valence-corrected chi connectivity index (χ4v) is 2.03. The number of benzene rings is 1. The molecule has 5 nitrogen and oxygen atoms in total. The third-order valence-corrected chi connectivity index (χ3v) is 3.46. The Morgan fingerprint density at radius 2 is 1.96 bits per heavy atom. The molecule has 2 aromatic rings. The Labute approximate surface area is 162 Å². The molecule has 0 fully saturated rings. The van der Waals surface area contributed by atoms with Crippen LogP contribution >= 0.6 is 40.7 Å². The molecule has 8 heteroatoms. The van der Waals surface area contributed by atoms with Crippen LogP contribution in [0.1, 0.15) is 23.7 Å². The molecule has 132 valence electrons. The number of hydrogen-bond acceptors (Lipinski definition) is 4. The molecule has 0 aliphatic carbocycles. The van der Waals surface area contributed by atoms with Crippen LogP contribution in [0.3, 0.4) is 0 Å². The maximum Gasteiger partial charge on any atom is 0.256 e. The van der Waals surface area contributed by atoms with Crippen molar-refractivity contribution in [3.8, 4) is 11.6 Å². The first-order chi connectivity index (χ1) is 10.6. The number of carbonyl (C=O) groups is 1. The van der Waals surface area contributed by atoms with Crippen LogP contribution in [0.2, 0.25) is 0 Å². The molecule has 1 atom stereocenters. The fraction of sp³-hybridized carbons (Fsp3) is 0.250. The molecule has 1 amide bonds. The molecule has 0 aliphatic rings. The van der Waals surface area contributed by atoms with Crippen molar-refractivity contribution in [2.24, 2.45) is 5.73 Å². The van der Waals surface area contributed by atoms with Gasteiger partial charge in [0.25, 0.3) is 5.91 Å². The first-order valence-corrected chi connectivity index (χ1v) is 7.78. The normalized spacial score (nSPS) is 10.8. The van der Waals surface area contributed by atoms with Crippen LogP contribution in [-0.2, 0) is 0 Å². The number of nitrogens with zero attached hydrogens (tertiary/aromatic N) is 1. The molecule has 24 heavy (non-hydrogen) atoms. The van der Waals surface area contributed by atoms with Crippen LogP contribution in [-0.4, -0.2) is 23.5 Å². The van der Waals surface area contributed by atoms with E-state index in [2.05, 4.69) is 26.2 Å². The van der Waals surface area contributed by atoms with E-state index >= 15 is 0 Å². The SMILES string of the molecule is CC(N)CCNC(=O)c1cccnc1Oc1ccc(Br)cc1.Cl.Cl. The van der Waals surface area contributed by atoms with E-state index < -0.39 is 0 Å². The van der Waals surface area contributed by atoms with Crippen LogP contribution < -0.4 is 15.8 Å². The summed E-state index contributed by atoms with van der Waals surface area (Å²) in [6.07, 6.45) is 2.31. The van der Waals surface area contributed by atoms with Gasteiger partial charge >= 0.3 is 0 Å². The van der Waals surface area contributed by atoms with Gasteiger partial charge < -0.3 is 15.8 Å². The number of halogens is 3. The highest BCUT2D eigenvalue weighted by Gasteiger charge is 2.14. The molecule has 1 heterocycles. The van der Waals surface area contributed by atoms with Crippen molar-refractivity contribution in [3.05, 3.63) is 52.6 Å². The smallest absolute Gasteiger partial charge is 0.256 e. The maximum atomic E-state index is 12.2. The second-order valence-corrected chi connectivity index (χ2v) is 5.85. The molecule has 1 aromatic heterocycles. The minimum absolute atomic E-state index is 0. The third-order valence-electron chi connectivity index (χ3n) is 2.93. The maximum absolute atomic E-state index is 12.2. The number of aromatic nitrogens is 1. The number of ether oxygens (including phenoxy) is 1. The van der Waals surface area contributed by atoms with Crippen molar-refractivity contribution < 1.29 is 9.53 Å². The molecule has 0 bridgehead atoms. The molecule has 0 spiro atoms. The van der Waals surface area contributed by atoms with E-state index in [9.17, 15) is 4.79 Å². The second kappa shape index (κ2) is 11.3. The number of pyridine rings is 1. The van der Waals surface area contributed by atoms with Gasteiger partial charge in [0.2, 0.25) is 5.88 Å². The Morgan fingerprint density at radius 1 is 1.29 bits per heavy atom. The average molecular weight is 437 g/mol. The largest absolute Gasteiger partial charge is 0.438 e. The van der Waals surface area contributed by atoms with E-state index in [-0.39, 0.29) is 42.6 Å².